The molecule has 4 fully saturated rings. The Kier molecular flexibility index (Phi) is 5.55. The molecule has 1 N–H and O–H groups in total. The Morgan fingerprint density at radius 1 is 1.27 bits per heavy atom. The maximum atomic E-state index is 12.8. The van der Waals surface area contributed by atoms with Crippen molar-refractivity contribution in [3.63, 3.8) is 0 Å². The van der Waals surface area contributed by atoms with Crippen LogP contribution in [0.15, 0.2) is 35.0 Å². The van der Waals surface area contributed by atoms with Gasteiger partial charge in [-0.2, -0.15) is 0 Å². The number of carbonyl (C=O) groups is 1. The molecule has 2 heterocycles. The molecule has 3 saturated carbocycles. The first-order chi connectivity index (χ1) is 14.5. The van der Waals surface area contributed by atoms with Crippen LogP contribution in [-0.2, 0) is 16.0 Å². The highest BCUT2D eigenvalue weighted by Gasteiger charge is 2.55. The zero-order chi connectivity index (χ0) is 20.7. The van der Waals surface area contributed by atoms with E-state index in [-0.39, 0.29) is 23.4 Å². The zero-order valence-corrected chi connectivity index (χ0v) is 18.4. The van der Waals surface area contributed by atoms with E-state index in [0.29, 0.717) is 23.8 Å². The topological polar surface area (TPSA) is 51.5 Å². The Hall–Kier alpha value is -1.55. The molecule has 5 rings (SSSR count). The first-order valence-corrected chi connectivity index (χ1v) is 12.2. The number of hydrogen-bond acceptors (Lipinski definition) is 4. The lowest BCUT2D eigenvalue weighted by Gasteiger charge is -2.50. The van der Waals surface area contributed by atoms with Crippen LogP contribution in [0.1, 0.15) is 70.5 Å². The van der Waals surface area contributed by atoms with Crippen LogP contribution in [0.2, 0.25) is 0 Å². The fourth-order valence-electron chi connectivity index (χ4n) is 7.18. The van der Waals surface area contributed by atoms with Crippen LogP contribution in [-0.4, -0.2) is 24.7 Å². The second-order valence-corrected chi connectivity index (χ2v) is 10.7. The minimum atomic E-state index is 0.000431. The van der Waals surface area contributed by atoms with Gasteiger partial charge in [-0.3, -0.25) is 4.79 Å². The summed E-state index contributed by atoms with van der Waals surface area (Å²) in [6.45, 7) is 7.58. The number of esters is 1. The Morgan fingerprint density at radius 2 is 2.13 bits per heavy atom. The second kappa shape index (κ2) is 8.18. The number of nitrogens with one attached hydrogen (secondary N) is 1. The molecule has 7 atom stereocenters. The number of ether oxygens (including phenoxy) is 1. The molecule has 4 nitrogen and oxygen atoms in total. The van der Waals surface area contributed by atoms with E-state index in [1.807, 2.05) is 6.07 Å². The summed E-state index contributed by atoms with van der Waals surface area (Å²) in [4.78, 5) is 12.8. The molecular formula is C26H37NO3. The van der Waals surface area contributed by atoms with Crippen molar-refractivity contribution >= 4 is 5.97 Å². The molecule has 0 bridgehead atoms. The summed E-state index contributed by atoms with van der Waals surface area (Å²) in [5.74, 6) is 2.61. The molecule has 0 aromatic carbocycles. The predicted molar refractivity (Wildman–Crippen MR) is 117 cm³/mol. The van der Waals surface area contributed by atoms with Crippen molar-refractivity contribution in [3.8, 4) is 0 Å². The first-order valence-electron chi connectivity index (χ1n) is 12.2. The van der Waals surface area contributed by atoms with Crippen LogP contribution in [0.5, 0.6) is 0 Å². The van der Waals surface area contributed by atoms with Crippen LogP contribution in [0.4, 0.5) is 0 Å². The van der Waals surface area contributed by atoms with Gasteiger partial charge in [0.25, 0.3) is 0 Å². The predicted octanol–water partition coefficient (Wildman–Crippen LogP) is 5.28. The largest absolute Gasteiger partial charge is 0.469 e. The monoisotopic (exact) mass is 411 g/mol. The Bertz CT molecular complexity index is 771. The van der Waals surface area contributed by atoms with Crippen molar-refractivity contribution in [2.24, 2.45) is 29.1 Å². The second-order valence-electron chi connectivity index (χ2n) is 10.7. The SMILES string of the molecule is C=C1CCC[C@]2(C)C[C@H]3OC(=O)[C@H](CN[C@H]4CCCC[C@H]4Cc4ccco4)[C@H]3C[C@@H]12. The highest BCUT2D eigenvalue weighted by Crippen LogP contribution is 2.56. The van der Waals surface area contributed by atoms with Crippen LogP contribution in [0, 0.1) is 29.1 Å². The number of rotatable bonds is 5. The Balaban J connectivity index is 1.24. The maximum Gasteiger partial charge on any atom is 0.310 e. The summed E-state index contributed by atoms with van der Waals surface area (Å²) in [5.41, 5.74) is 1.69. The van der Waals surface area contributed by atoms with E-state index >= 15 is 0 Å². The molecule has 4 heteroatoms. The van der Waals surface area contributed by atoms with Gasteiger partial charge in [0, 0.05) is 24.9 Å². The Morgan fingerprint density at radius 3 is 2.97 bits per heavy atom. The average Bonchev–Trinajstić information content (AvgIpc) is 3.33. The van der Waals surface area contributed by atoms with E-state index in [2.05, 4.69) is 24.9 Å². The van der Waals surface area contributed by atoms with Crippen LogP contribution in [0.25, 0.3) is 0 Å². The van der Waals surface area contributed by atoms with Gasteiger partial charge in [-0.05, 0) is 74.3 Å². The molecule has 3 aliphatic carbocycles. The minimum Gasteiger partial charge on any atom is -0.469 e. The molecule has 0 amide bonds. The van der Waals surface area contributed by atoms with Gasteiger partial charge in [-0.1, -0.05) is 31.9 Å². The summed E-state index contributed by atoms with van der Waals surface area (Å²) in [7, 11) is 0. The quantitative estimate of drug-likeness (QED) is 0.529. The van der Waals surface area contributed by atoms with E-state index in [1.165, 1.54) is 44.1 Å². The van der Waals surface area contributed by atoms with Crippen molar-refractivity contribution in [2.75, 3.05) is 6.54 Å². The fraction of sp³-hybridized carbons (Fsp3) is 0.731. The molecule has 4 aliphatic rings. The molecule has 0 radical (unpaired) electrons. The number of furan rings is 1. The van der Waals surface area contributed by atoms with Crippen LogP contribution < -0.4 is 5.32 Å². The lowest BCUT2D eigenvalue weighted by atomic mass is 9.55. The highest BCUT2D eigenvalue weighted by atomic mass is 16.6. The summed E-state index contributed by atoms with van der Waals surface area (Å²) in [5, 5.41) is 3.82. The minimum absolute atomic E-state index is 0.000431. The number of carbonyl (C=O) groups excluding carboxylic acids is 1. The van der Waals surface area contributed by atoms with Gasteiger partial charge in [-0.25, -0.2) is 0 Å². The lowest BCUT2D eigenvalue weighted by molar-refractivity contribution is -0.146. The lowest BCUT2D eigenvalue weighted by Crippen LogP contribution is -2.47. The van der Waals surface area contributed by atoms with Crippen LogP contribution >= 0.6 is 0 Å². The standard InChI is InChI=1S/C26H37NO3/c1-17-7-5-11-26(2)15-24-20(14-22(17)26)21(25(28)30-24)16-27-23-10-4-3-8-18(23)13-19-9-6-12-29-19/h6,9,12,18,20-24,27H,1,3-5,7-8,10-11,13-16H2,2H3/t18-,20+,21+,22-,23-,24+,26+/m0/s1. The van der Waals surface area contributed by atoms with Crippen molar-refractivity contribution in [1.29, 1.82) is 0 Å². The third-order valence-electron chi connectivity index (χ3n) is 8.87. The van der Waals surface area contributed by atoms with Gasteiger partial charge in [-0.15, -0.1) is 0 Å². The van der Waals surface area contributed by atoms with Gasteiger partial charge >= 0.3 is 5.97 Å². The fourth-order valence-corrected chi connectivity index (χ4v) is 7.18. The zero-order valence-electron chi connectivity index (χ0n) is 18.4. The summed E-state index contributed by atoms with van der Waals surface area (Å²) < 4.78 is 11.6. The smallest absolute Gasteiger partial charge is 0.310 e. The van der Waals surface area contributed by atoms with Gasteiger partial charge in [0.1, 0.15) is 11.9 Å². The third kappa shape index (κ3) is 3.77. The number of fused-ring (bicyclic) bond motifs is 2. The van der Waals surface area contributed by atoms with Crippen molar-refractivity contribution in [2.45, 2.75) is 83.3 Å². The van der Waals surface area contributed by atoms with Gasteiger partial charge in [0.05, 0.1) is 12.2 Å². The number of allylic oxidation sites excluding steroid dienone is 1. The van der Waals surface area contributed by atoms with E-state index in [4.69, 9.17) is 9.15 Å². The normalized spacial score (nSPS) is 41.2. The molecule has 164 valence electrons. The molecule has 0 spiro atoms. The average molecular weight is 412 g/mol. The molecule has 1 aliphatic heterocycles. The summed E-state index contributed by atoms with van der Waals surface area (Å²) >= 11 is 0. The number of hydrogen-bond donors (Lipinski definition) is 1. The summed E-state index contributed by atoms with van der Waals surface area (Å²) in [6.07, 6.45) is 13.6. The molecule has 1 aromatic rings. The first kappa shape index (κ1) is 20.4. The molecule has 30 heavy (non-hydrogen) atoms. The maximum absolute atomic E-state index is 12.8. The van der Waals surface area contributed by atoms with Crippen molar-refractivity contribution < 1.29 is 13.9 Å². The molecule has 1 saturated heterocycles. The van der Waals surface area contributed by atoms with Crippen molar-refractivity contribution in [3.05, 3.63) is 36.3 Å². The molecule has 0 unspecified atom stereocenters. The van der Waals surface area contributed by atoms with Gasteiger partial charge in [0.2, 0.25) is 0 Å². The third-order valence-corrected chi connectivity index (χ3v) is 8.87. The van der Waals surface area contributed by atoms with E-state index in [9.17, 15) is 4.79 Å². The summed E-state index contributed by atoms with van der Waals surface area (Å²) in [6, 6.07) is 4.53. The molecular weight excluding hydrogens is 374 g/mol. The van der Waals surface area contributed by atoms with E-state index < -0.39 is 0 Å². The van der Waals surface area contributed by atoms with Gasteiger partial charge in [0.15, 0.2) is 0 Å². The highest BCUT2D eigenvalue weighted by molar-refractivity contribution is 5.75. The van der Waals surface area contributed by atoms with E-state index in [0.717, 1.165) is 38.0 Å². The van der Waals surface area contributed by atoms with E-state index in [1.54, 1.807) is 6.26 Å². The van der Waals surface area contributed by atoms with Crippen LogP contribution in [0.3, 0.4) is 0 Å². The molecule has 1 aromatic heterocycles. The Labute approximate surface area is 180 Å². The van der Waals surface area contributed by atoms with Gasteiger partial charge < -0.3 is 14.5 Å². The van der Waals surface area contributed by atoms with Crippen molar-refractivity contribution in [1.82, 2.24) is 5.32 Å².